The third-order valence-corrected chi connectivity index (χ3v) is 6.30. The molecule has 1 saturated heterocycles. The first-order chi connectivity index (χ1) is 16.2. The van der Waals surface area contributed by atoms with E-state index in [4.69, 9.17) is 9.40 Å². The number of likely N-dealkylation sites (tertiary alicyclic amines) is 1. The van der Waals surface area contributed by atoms with Crippen LogP contribution in [0.25, 0.3) is 34.0 Å². The Morgan fingerprint density at radius 2 is 1.91 bits per heavy atom. The standard InChI is InChI=1S/C28H30N4O/c1-3-4-9-22(21-10-6-5-7-11-21)16-26-30-31-28(33-26)25-14-13-23(19-32-17-20(2)18-32)27-24(25)12-8-15-29-27/h5-8,10-16,20H,3-4,9,17-19H2,1-2H3/b22-16+. The summed E-state index contributed by atoms with van der Waals surface area (Å²) in [6.07, 6.45) is 7.13. The van der Waals surface area contributed by atoms with Crippen LogP contribution in [0.4, 0.5) is 0 Å². The highest BCUT2D eigenvalue weighted by Crippen LogP contribution is 2.31. The van der Waals surface area contributed by atoms with Gasteiger partial charge >= 0.3 is 0 Å². The van der Waals surface area contributed by atoms with Crippen LogP contribution in [0.3, 0.4) is 0 Å². The first kappa shape index (κ1) is 21.5. The number of rotatable bonds is 8. The van der Waals surface area contributed by atoms with Gasteiger partial charge in [-0.3, -0.25) is 9.88 Å². The van der Waals surface area contributed by atoms with Crippen molar-refractivity contribution >= 4 is 22.6 Å². The van der Waals surface area contributed by atoms with E-state index in [9.17, 15) is 0 Å². The first-order valence-corrected chi connectivity index (χ1v) is 11.9. The number of allylic oxidation sites excluding steroid dienone is 1. The smallest absolute Gasteiger partial charge is 0.248 e. The number of benzene rings is 2. The summed E-state index contributed by atoms with van der Waals surface area (Å²) in [5, 5.41) is 9.80. The Balaban J connectivity index is 1.47. The molecule has 0 atom stereocenters. The average molecular weight is 439 g/mol. The van der Waals surface area contributed by atoms with Crippen LogP contribution in [-0.2, 0) is 6.54 Å². The second-order valence-electron chi connectivity index (χ2n) is 9.06. The van der Waals surface area contributed by atoms with Crippen LogP contribution >= 0.6 is 0 Å². The number of unbranched alkanes of at least 4 members (excludes halogenated alkanes) is 1. The van der Waals surface area contributed by atoms with Crippen molar-refractivity contribution < 1.29 is 4.42 Å². The fraction of sp³-hybridized carbons (Fsp3) is 0.321. The van der Waals surface area contributed by atoms with Gasteiger partial charge in [0.25, 0.3) is 0 Å². The number of pyridine rings is 1. The van der Waals surface area contributed by atoms with Gasteiger partial charge in [0.05, 0.1) is 5.52 Å². The lowest BCUT2D eigenvalue weighted by Gasteiger charge is -2.37. The first-order valence-electron chi connectivity index (χ1n) is 11.9. The second kappa shape index (κ2) is 9.67. The lowest BCUT2D eigenvalue weighted by molar-refractivity contribution is 0.105. The van der Waals surface area contributed by atoms with E-state index in [1.165, 1.54) is 16.7 Å². The molecule has 0 unspecified atom stereocenters. The summed E-state index contributed by atoms with van der Waals surface area (Å²) in [7, 11) is 0. The SMILES string of the molecule is CCCC/C(=C\c1nnc(-c2ccc(CN3CC(C)C3)c3ncccc23)o1)c1ccccc1. The maximum Gasteiger partial charge on any atom is 0.248 e. The molecule has 2 aromatic heterocycles. The van der Waals surface area contributed by atoms with Crippen molar-refractivity contribution in [1.29, 1.82) is 0 Å². The van der Waals surface area contributed by atoms with Crippen LogP contribution in [0.15, 0.2) is 65.2 Å². The second-order valence-corrected chi connectivity index (χ2v) is 9.06. The molecule has 1 aliphatic heterocycles. The average Bonchev–Trinajstić information content (AvgIpc) is 3.29. The van der Waals surface area contributed by atoms with Gasteiger partial charge in [0.15, 0.2) is 0 Å². The Morgan fingerprint density at radius 3 is 2.70 bits per heavy atom. The Morgan fingerprint density at radius 1 is 1.06 bits per heavy atom. The van der Waals surface area contributed by atoms with Crippen LogP contribution in [0.5, 0.6) is 0 Å². The molecule has 0 N–H and O–H groups in total. The molecule has 2 aromatic carbocycles. The van der Waals surface area contributed by atoms with Gasteiger partial charge in [-0.15, -0.1) is 10.2 Å². The molecular weight excluding hydrogens is 408 g/mol. The predicted octanol–water partition coefficient (Wildman–Crippen LogP) is 6.47. The van der Waals surface area contributed by atoms with Gasteiger partial charge in [-0.05, 0) is 47.6 Å². The molecule has 0 saturated carbocycles. The summed E-state index contributed by atoms with van der Waals surface area (Å²) in [4.78, 5) is 7.16. The molecule has 0 bridgehead atoms. The lowest BCUT2D eigenvalue weighted by atomic mass is 9.99. The summed E-state index contributed by atoms with van der Waals surface area (Å²) < 4.78 is 6.14. The molecule has 1 aliphatic rings. The van der Waals surface area contributed by atoms with Gasteiger partial charge in [-0.2, -0.15) is 0 Å². The Bertz CT molecular complexity index is 1260. The van der Waals surface area contributed by atoms with Crippen molar-refractivity contribution in [3.8, 4) is 11.5 Å². The molecule has 168 valence electrons. The summed E-state index contributed by atoms with van der Waals surface area (Å²) in [6, 6.07) is 18.8. The van der Waals surface area contributed by atoms with Crippen molar-refractivity contribution in [3.63, 3.8) is 0 Å². The normalized spacial score (nSPS) is 15.2. The third kappa shape index (κ3) is 4.74. The third-order valence-electron chi connectivity index (χ3n) is 6.30. The number of hydrogen-bond donors (Lipinski definition) is 0. The van der Waals surface area contributed by atoms with Crippen LogP contribution in [0.1, 0.15) is 50.1 Å². The molecule has 33 heavy (non-hydrogen) atoms. The Hall–Kier alpha value is -3.31. The fourth-order valence-electron chi connectivity index (χ4n) is 4.61. The summed E-state index contributed by atoms with van der Waals surface area (Å²) >= 11 is 0. The van der Waals surface area contributed by atoms with Crippen LogP contribution in [0.2, 0.25) is 0 Å². The van der Waals surface area contributed by atoms with Gasteiger partial charge in [-0.25, -0.2) is 0 Å². The maximum atomic E-state index is 6.14. The predicted molar refractivity (Wildman–Crippen MR) is 133 cm³/mol. The van der Waals surface area contributed by atoms with Crippen molar-refractivity contribution in [2.45, 2.75) is 39.7 Å². The van der Waals surface area contributed by atoms with Crippen LogP contribution in [-0.4, -0.2) is 33.2 Å². The molecule has 1 fully saturated rings. The largest absolute Gasteiger partial charge is 0.417 e. The van der Waals surface area contributed by atoms with E-state index in [0.717, 1.165) is 61.3 Å². The highest BCUT2D eigenvalue weighted by molar-refractivity contribution is 5.94. The van der Waals surface area contributed by atoms with Gasteiger partial charge in [0.1, 0.15) is 0 Å². The van der Waals surface area contributed by atoms with Crippen molar-refractivity contribution in [2.24, 2.45) is 5.92 Å². The molecule has 0 aliphatic carbocycles. The van der Waals surface area contributed by atoms with Crippen molar-refractivity contribution in [1.82, 2.24) is 20.1 Å². The van der Waals surface area contributed by atoms with E-state index >= 15 is 0 Å². The number of fused-ring (bicyclic) bond motifs is 1. The van der Waals surface area contributed by atoms with E-state index in [1.807, 2.05) is 24.4 Å². The summed E-state index contributed by atoms with van der Waals surface area (Å²) in [5.41, 5.74) is 5.61. The highest BCUT2D eigenvalue weighted by Gasteiger charge is 2.23. The van der Waals surface area contributed by atoms with Crippen molar-refractivity contribution in [2.75, 3.05) is 13.1 Å². The monoisotopic (exact) mass is 438 g/mol. The van der Waals surface area contributed by atoms with E-state index < -0.39 is 0 Å². The quantitative estimate of drug-likeness (QED) is 0.316. The summed E-state index contributed by atoms with van der Waals surface area (Å²) in [5.74, 6) is 1.85. The zero-order valence-corrected chi connectivity index (χ0v) is 19.4. The van der Waals surface area contributed by atoms with E-state index in [-0.39, 0.29) is 0 Å². The number of aromatic nitrogens is 3. The Labute approximate surface area is 195 Å². The molecule has 5 heteroatoms. The van der Waals surface area contributed by atoms with Gasteiger partial charge in [0, 0.05) is 42.9 Å². The van der Waals surface area contributed by atoms with Crippen molar-refractivity contribution in [3.05, 3.63) is 77.8 Å². The Kier molecular flexibility index (Phi) is 6.31. The topological polar surface area (TPSA) is 55.1 Å². The highest BCUT2D eigenvalue weighted by atomic mass is 16.4. The minimum Gasteiger partial charge on any atom is -0.417 e. The zero-order valence-electron chi connectivity index (χ0n) is 19.4. The number of nitrogens with zero attached hydrogens (tertiary/aromatic N) is 4. The van der Waals surface area contributed by atoms with Gasteiger partial charge in [0.2, 0.25) is 11.8 Å². The lowest BCUT2D eigenvalue weighted by Crippen LogP contribution is -2.44. The van der Waals surface area contributed by atoms with E-state index in [0.29, 0.717) is 11.8 Å². The molecule has 0 amide bonds. The van der Waals surface area contributed by atoms with Crippen LogP contribution < -0.4 is 0 Å². The molecule has 0 radical (unpaired) electrons. The molecular formula is C28H30N4O. The van der Waals surface area contributed by atoms with Crippen LogP contribution in [0, 0.1) is 5.92 Å². The van der Waals surface area contributed by atoms with E-state index in [1.54, 1.807) is 0 Å². The molecule has 4 aromatic rings. The van der Waals surface area contributed by atoms with E-state index in [2.05, 4.69) is 71.4 Å². The molecule has 5 rings (SSSR count). The van der Waals surface area contributed by atoms with Gasteiger partial charge < -0.3 is 4.42 Å². The fourth-order valence-corrected chi connectivity index (χ4v) is 4.61. The molecule has 0 spiro atoms. The molecule has 3 heterocycles. The zero-order chi connectivity index (χ0) is 22.6. The summed E-state index contributed by atoms with van der Waals surface area (Å²) in [6.45, 7) is 7.73. The number of hydrogen-bond acceptors (Lipinski definition) is 5. The van der Waals surface area contributed by atoms with Gasteiger partial charge in [-0.1, -0.05) is 62.7 Å². The minimum atomic E-state index is 0.534. The maximum absolute atomic E-state index is 6.14. The molecule has 5 nitrogen and oxygen atoms in total. The minimum absolute atomic E-state index is 0.534.